The summed E-state index contributed by atoms with van der Waals surface area (Å²) in [7, 11) is 1.54. The Morgan fingerprint density at radius 2 is 1.86 bits per heavy atom. The molecule has 1 aromatic carbocycles. The predicted molar refractivity (Wildman–Crippen MR) is 80.2 cm³/mol. The molecule has 0 radical (unpaired) electrons. The van der Waals surface area contributed by atoms with Gasteiger partial charge in [-0.15, -0.1) is 0 Å². The summed E-state index contributed by atoms with van der Waals surface area (Å²) in [5.41, 5.74) is -0.0860. The molecule has 0 aromatic heterocycles. The number of carbonyl (C=O) groups excluding carboxylic acids is 2. The second-order valence-electron chi connectivity index (χ2n) is 4.55. The highest BCUT2D eigenvalue weighted by molar-refractivity contribution is 7.98. The number of nitrogens with zero attached hydrogens (tertiary/aromatic N) is 1. The highest BCUT2D eigenvalue weighted by Gasteiger charge is 2.24. The van der Waals surface area contributed by atoms with Crippen LogP contribution in [-0.4, -0.2) is 41.8 Å². The van der Waals surface area contributed by atoms with E-state index >= 15 is 0 Å². The number of benzene rings is 1. The first-order valence-electron chi connectivity index (χ1n) is 6.42. The number of hydrogen-bond acceptors (Lipinski definition) is 3. The van der Waals surface area contributed by atoms with Crippen molar-refractivity contribution < 1.29 is 18.4 Å². The number of hydrogen-bond donors (Lipinski definition) is 1. The minimum Gasteiger partial charge on any atom is -0.334 e. The van der Waals surface area contributed by atoms with E-state index in [0.29, 0.717) is 18.2 Å². The molecule has 0 aliphatic heterocycles. The SMILES string of the molecule is CCC(CSC)N(C)C(=O)C(=O)Nc1cc(F)cc(F)c1. The van der Waals surface area contributed by atoms with E-state index in [1.165, 1.54) is 4.90 Å². The van der Waals surface area contributed by atoms with Gasteiger partial charge in [0.05, 0.1) is 0 Å². The maximum atomic E-state index is 13.0. The monoisotopic (exact) mass is 316 g/mol. The first-order chi connectivity index (χ1) is 9.88. The van der Waals surface area contributed by atoms with Crippen LogP contribution in [0.3, 0.4) is 0 Å². The van der Waals surface area contributed by atoms with Crippen molar-refractivity contribution in [2.24, 2.45) is 0 Å². The summed E-state index contributed by atoms with van der Waals surface area (Å²) in [6, 6.07) is 2.53. The summed E-state index contributed by atoms with van der Waals surface area (Å²) in [5, 5.41) is 2.21. The van der Waals surface area contributed by atoms with Crippen LogP contribution in [0.15, 0.2) is 18.2 Å². The van der Waals surface area contributed by atoms with Crippen LogP contribution in [0, 0.1) is 11.6 Å². The van der Waals surface area contributed by atoms with Crippen LogP contribution in [0.1, 0.15) is 13.3 Å². The number of thioether (sulfide) groups is 1. The van der Waals surface area contributed by atoms with E-state index in [4.69, 9.17) is 0 Å². The van der Waals surface area contributed by atoms with Gasteiger partial charge in [0.2, 0.25) is 0 Å². The summed E-state index contributed by atoms with van der Waals surface area (Å²) in [6.45, 7) is 1.92. The average molecular weight is 316 g/mol. The van der Waals surface area contributed by atoms with Gasteiger partial charge < -0.3 is 10.2 Å². The highest BCUT2D eigenvalue weighted by atomic mass is 32.2. The maximum absolute atomic E-state index is 13.0. The largest absolute Gasteiger partial charge is 0.334 e. The van der Waals surface area contributed by atoms with E-state index in [-0.39, 0.29) is 11.7 Å². The standard InChI is InChI=1S/C14H18F2N2O2S/c1-4-12(8-21-3)18(2)14(20)13(19)17-11-6-9(15)5-10(16)7-11/h5-7,12H,4,8H2,1-3H3,(H,17,19). The topological polar surface area (TPSA) is 49.4 Å². The zero-order valence-corrected chi connectivity index (χ0v) is 13.0. The van der Waals surface area contributed by atoms with Crippen LogP contribution >= 0.6 is 11.8 Å². The van der Waals surface area contributed by atoms with Crippen molar-refractivity contribution in [1.82, 2.24) is 4.90 Å². The summed E-state index contributed by atoms with van der Waals surface area (Å²) < 4.78 is 26.1. The van der Waals surface area contributed by atoms with E-state index < -0.39 is 23.4 Å². The van der Waals surface area contributed by atoms with E-state index in [9.17, 15) is 18.4 Å². The zero-order chi connectivity index (χ0) is 16.0. The molecule has 0 saturated carbocycles. The fraction of sp³-hybridized carbons (Fsp3) is 0.429. The molecule has 116 valence electrons. The maximum Gasteiger partial charge on any atom is 0.313 e. The molecule has 4 nitrogen and oxygen atoms in total. The fourth-order valence-corrected chi connectivity index (χ4v) is 2.68. The molecule has 1 atom stereocenters. The van der Waals surface area contributed by atoms with Crippen molar-refractivity contribution in [3.63, 3.8) is 0 Å². The number of rotatable bonds is 5. The Labute approximate surface area is 126 Å². The molecule has 0 heterocycles. The lowest BCUT2D eigenvalue weighted by atomic mass is 10.2. The van der Waals surface area contributed by atoms with Gasteiger partial charge in [-0.3, -0.25) is 9.59 Å². The number of likely N-dealkylation sites (N-methyl/N-ethyl adjacent to an activating group) is 1. The molecular formula is C14H18F2N2O2S. The number of halogens is 2. The molecule has 2 amide bonds. The van der Waals surface area contributed by atoms with Crippen LogP contribution < -0.4 is 5.32 Å². The van der Waals surface area contributed by atoms with Crippen molar-refractivity contribution in [1.29, 1.82) is 0 Å². The van der Waals surface area contributed by atoms with Gasteiger partial charge in [-0.1, -0.05) is 6.92 Å². The van der Waals surface area contributed by atoms with E-state index in [1.807, 2.05) is 13.2 Å². The third kappa shape index (κ3) is 5.00. The molecular weight excluding hydrogens is 298 g/mol. The van der Waals surface area contributed by atoms with Gasteiger partial charge >= 0.3 is 11.8 Å². The molecule has 1 N–H and O–H groups in total. The lowest BCUT2D eigenvalue weighted by Gasteiger charge is -2.26. The lowest BCUT2D eigenvalue weighted by molar-refractivity contribution is -0.143. The Balaban J connectivity index is 2.76. The average Bonchev–Trinajstić information content (AvgIpc) is 2.41. The Morgan fingerprint density at radius 3 is 2.33 bits per heavy atom. The third-order valence-corrected chi connectivity index (χ3v) is 3.73. The van der Waals surface area contributed by atoms with Crippen LogP contribution in [0.5, 0.6) is 0 Å². The second kappa shape index (κ2) is 7.97. The van der Waals surface area contributed by atoms with Gasteiger partial charge in [0.1, 0.15) is 11.6 Å². The number of carbonyl (C=O) groups is 2. The first kappa shape index (κ1) is 17.4. The van der Waals surface area contributed by atoms with Gasteiger partial charge in [-0.05, 0) is 24.8 Å². The molecule has 7 heteroatoms. The summed E-state index contributed by atoms with van der Waals surface area (Å²) in [4.78, 5) is 25.2. The van der Waals surface area contributed by atoms with Crippen molar-refractivity contribution in [2.75, 3.05) is 24.4 Å². The molecule has 0 bridgehead atoms. The predicted octanol–water partition coefficient (Wildman–Crippen LogP) is 2.50. The van der Waals surface area contributed by atoms with Crippen LogP contribution in [0.4, 0.5) is 14.5 Å². The summed E-state index contributed by atoms with van der Waals surface area (Å²) in [6.07, 6.45) is 2.63. The second-order valence-corrected chi connectivity index (χ2v) is 5.46. The van der Waals surface area contributed by atoms with E-state index in [0.717, 1.165) is 12.1 Å². The highest BCUT2D eigenvalue weighted by Crippen LogP contribution is 2.14. The smallest absolute Gasteiger partial charge is 0.313 e. The number of amides is 2. The normalized spacial score (nSPS) is 11.9. The molecule has 1 unspecified atom stereocenters. The molecule has 0 saturated heterocycles. The lowest BCUT2D eigenvalue weighted by Crippen LogP contribution is -2.44. The first-order valence-corrected chi connectivity index (χ1v) is 7.81. The molecule has 21 heavy (non-hydrogen) atoms. The zero-order valence-electron chi connectivity index (χ0n) is 12.2. The minimum atomic E-state index is -0.915. The minimum absolute atomic E-state index is 0.0671. The summed E-state index contributed by atoms with van der Waals surface area (Å²) >= 11 is 1.57. The van der Waals surface area contributed by atoms with E-state index in [1.54, 1.807) is 18.8 Å². The Morgan fingerprint density at radius 1 is 1.29 bits per heavy atom. The van der Waals surface area contributed by atoms with Crippen molar-refractivity contribution in [2.45, 2.75) is 19.4 Å². The van der Waals surface area contributed by atoms with Gasteiger partial charge in [-0.2, -0.15) is 11.8 Å². The van der Waals surface area contributed by atoms with Gasteiger partial charge in [0, 0.05) is 30.6 Å². The van der Waals surface area contributed by atoms with Gasteiger partial charge in [-0.25, -0.2) is 8.78 Å². The fourth-order valence-electron chi connectivity index (χ4n) is 1.83. The number of nitrogens with one attached hydrogen (secondary N) is 1. The van der Waals surface area contributed by atoms with E-state index in [2.05, 4.69) is 5.32 Å². The Hall–Kier alpha value is -1.63. The Bertz CT molecular complexity index is 505. The van der Waals surface area contributed by atoms with Crippen LogP contribution in [-0.2, 0) is 9.59 Å². The van der Waals surface area contributed by atoms with Crippen LogP contribution in [0.2, 0.25) is 0 Å². The molecule has 0 fully saturated rings. The quantitative estimate of drug-likeness (QED) is 0.849. The van der Waals surface area contributed by atoms with Crippen molar-refractivity contribution in [3.05, 3.63) is 29.8 Å². The van der Waals surface area contributed by atoms with Crippen molar-refractivity contribution >= 4 is 29.3 Å². The molecule has 0 spiro atoms. The van der Waals surface area contributed by atoms with Gasteiger partial charge in [0.15, 0.2) is 0 Å². The molecule has 0 aliphatic carbocycles. The molecule has 1 rings (SSSR count). The third-order valence-electron chi connectivity index (χ3n) is 3.01. The molecule has 1 aromatic rings. The van der Waals surface area contributed by atoms with Gasteiger partial charge in [0.25, 0.3) is 0 Å². The Kier molecular flexibility index (Phi) is 6.61. The van der Waals surface area contributed by atoms with Crippen LogP contribution in [0.25, 0.3) is 0 Å². The number of anilines is 1. The molecule has 0 aliphatic rings. The van der Waals surface area contributed by atoms with Crippen molar-refractivity contribution in [3.8, 4) is 0 Å². The summed E-state index contributed by atoms with van der Waals surface area (Å²) in [5.74, 6) is -2.58.